The maximum atomic E-state index is 10.3. The average Bonchev–Trinajstić information content (AvgIpc) is 2.97. The summed E-state index contributed by atoms with van der Waals surface area (Å²) in [6.45, 7) is 7.98. The molecule has 0 aliphatic rings. The van der Waals surface area contributed by atoms with Crippen molar-refractivity contribution in [3.8, 4) is 0 Å². The zero-order chi connectivity index (χ0) is 33.4. The van der Waals surface area contributed by atoms with Crippen LogP contribution in [0.3, 0.4) is 0 Å². The van der Waals surface area contributed by atoms with E-state index in [9.17, 15) is 9.59 Å². The second-order valence-electron chi connectivity index (χ2n) is 13.3. The Morgan fingerprint density at radius 3 is 0.652 bits per heavy atom. The summed E-state index contributed by atoms with van der Waals surface area (Å²) in [6.07, 6.45) is 40.2. The van der Waals surface area contributed by atoms with Crippen LogP contribution >= 0.6 is 0 Å². The largest absolute Gasteiger partial charge is 0.481 e. The minimum absolute atomic E-state index is 0. The quantitative estimate of drug-likeness (QED) is 0.0477. The van der Waals surface area contributed by atoms with Gasteiger partial charge in [-0.3, -0.25) is 9.59 Å². The number of carboxylic acid groups (broad SMARTS) is 2. The fraction of sp³-hybridized carbons (Fsp3) is 0.949. The molecule has 0 bridgehead atoms. The molecule has 0 saturated carbocycles. The molecule has 0 heterocycles. The van der Waals surface area contributed by atoms with Crippen LogP contribution in [0.1, 0.15) is 233 Å². The SMILES string of the molecule is CC(C)O.CCCCCCCCCCCCCCCCCC(=O)O.CCCCCCCCCCCCCCCCCC(=O)O.O.[Ti]. The van der Waals surface area contributed by atoms with E-state index in [1.807, 2.05) is 0 Å². The summed E-state index contributed by atoms with van der Waals surface area (Å²) in [4.78, 5) is 20.7. The maximum absolute atomic E-state index is 10.3. The first-order valence-corrected chi connectivity index (χ1v) is 19.4. The van der Waals surface area contributed by atoms with E-state index in [4.69, 9.17) is 15.3 Å². The van der Waals surface area contributed by atoms with Gasteiger partial charge in [0, 0.05) is 40.7 Å². The second-order valence-corrected chi connectivity index (χ2v) is 13.3. The first-order valence-electron chi connectivity index (χ1n) is 19.4. The van der Waals surface area contributed by atoms with Gasteiger partial charge in [-0.25, -0.2) is 0 Å². The average molecular weight is 695 g/mol. The van der Waals surface area contributed by atoms with Crippen molar-refractivity contribution < 1.29 is 52.1 Å². The topological polar surface area (TPSA) is 126 Å². The summed E-state index contributed by atoms with van der Waals surface area (Å²) < 4.78 is 0. The van der Waals surface area contributed by atoms with Crippen molar-refractivity contribution in [1.82, 2.24) is 0 Å². The number of aliphatic hydroxyl groups excluding tert-OH is 1. The Labute approximate surface area is 302 Å². The van der Waals surface area contributed by atoms with Crippen LogP contribution in [0.4, 0.5) is 0 Å². The minimum atomic E-state index is -0.653. The number of carboxylic acids is 2. The van der Waals surface area contributed by atoms with Crippen molar-refractivity contribution in [1.29, 1.82) is 0 Å². The molecule has 0 fully saturated rings. The standard InChI is InChI=1S/2C18H36O2.C3H8O.H2O.Ti/c2*1-2-3-4-5-6-7-8-9-10-11-12-13-14-15-16-17-18(19)20;1-3(2)4;;/h2*2-17H2,1H3,(H,19,20);3-4H,1-2H3;1H2;. The van der Waals surface area contributed by atoms with E-state index < -0.39 is 11.9 Å². The van der Waals surface area contributed by atoms with E-state index in [0.717, 1.165) is 25.7 Å². The molecule has 0 atom stereocenters. The van der Waals surface area contributed by atoms with Crippen molar-refractivity contribution in [2.24, 2.45) is 0 Å². The number of hydrogen-bond donors (Lipinski definition) is 3. The van der Waals surface area contributed by atoms with Gasteiger partial charge in [0.2, 0.25) is 0 Å². The fourth-order valence-corrected chi connectivity index (χ4v) is 5.30. The third-order valence-corrected chi connectivity index (χ3v) is 7.99. The van der Waals surface area contributed by atoms with Gasteiger partial charge in [-0.1, -0.05) is 194 Å². The van der Waals surface area contributed by atoms with Crippen LogP contribution in [0.5, 0.6) is 0 Å². The third-order valence-electron chi connectivity index (χ3n) is 7.99. The van der Waals surface area contributed by atoms with E-state index in [1.165, 1.54) is 167 Å². The van der Waals surface area contributed by atoms with Gasteiger partial charge in [0.25, 0.3) is 0 Å². The number of unbranched alkanes of at least 4 members (excludes halogenated alkanes) is 28. The molecule has 0 aromatic carbocycles. The molecule has 0 aliphatic carbocycles. The van der Waals surface area contributed by atoms with Crippen LogP contribution in [-0.4, -0.2) is 38.8 Å². The van der Waals surface area contributed by atoms with Gasteiger partial charge in [-0.05, 0) is 26.7 Å². The van der Waals surface area contributed by atoms with Crippen molar-refractivity contribution in [2.75, 3.05) is 0 Å². The van der Waals surface area contributed by atoms with Crippen molar-refractivity contribution in [3.63, 3.8) is 0 Å². The number of aliphatic hydroxyl groups is 1. The van der Waals surface area contributed by atoms with E-state index in [-0.39, 0.29) is 33.3 Å². The second kappa shape index (κ2) is 51.4. The van der Waals surface area contributed by atoms with Gasteiger partial charge in [0.1, 0.15) is 0 Å². The molecule has 278 valence electrons. The van der Waals surface area contributed by atoms with Gasteiger partial charge < -0.3 is 20.8 Å². The van der Waals surface area contributed by atoms with Crippen molar-refractivity contribution >= 4 is 11.9 Å². The van der Waals surface area contributed by atoms with Gasteiger partial charge in [-0.15, -0.1) is 0 Å². The molecule has 0 spiro atoms. The molecule has 0 aliphatic heterocycles. The molecule has 0 unspecified atom stereocenters. The number of rotatable bonds is 32. The van der Waals surface area contributed by atoms with Gasteiger partial charge in [0.05, 0.1) is 0 Å². The molecule has 7 heteroatoms. The van der Waals surface area contributed by atoms with Crippen molar-refractivity contribution in [3.05, 3.63) is 0 Å². The Morgan fingerprint density at radius 1 is 0.391 bits per heavy atom. The fourth-order valence-electron chi connectivity index (χ4n) is 5.30. The molecule has 46 heavy (non-hydrogen) atoms. The number of aliphatic carboxylic acids is 2. The number of carbonyl (C=O) groups is 2. The predicted molar refractivity (Wildman–Crippen MR) is 195 cm³/mol. The van der Waals surface area contributed by atoms with Crippen LogP contribution in [0, 0.1) is 0 Å². The van der Waals surface area contributed by atoms with Crippen LogP contribution in [0.2, 0.25) is 0 Å². The van der Waals surface area contributed by atoms with E-state index >= 15 is 0 Å². The first kappa shape index (κ1) is 55.0. The van der Waals surface area contributed by atoms with Gasteiger partial charge >= 0.3 is 11.9 Å². The van der Waals surface area contributed by atoms with Crippen LogP contribution in [0.25, 0.3) is 0 Å². The molecule has 0 aromatic heterocycles. The Morgan fingerprint density at radius 2 is 0.522 bits per heavy atom. The Bertz CT molecular complexity index is 498. The zero-order valence-electron chi connectivity index (χ0n) is 31.4. The third kappa shape index (κ3) is 70.1. The van der Waals surface area contributed by atoms with E-state index in [2.05, 4.69) is 13.8 Å². The molecule has 5 N–H and O–H groups in total. The predicted octanol–water partition coefficient (Wildman–Crippen LogP) is 12.2. The van der Waals surface area contributed by atoms with Crippen molar-refractivity contribution in [2.45, 2.75) is 239 Å². The Hall–Kier alpha value is -0.426. The maximum Gasteiger partial charge on any atom is 0.303 e. The summed E-state index contributed by atoms with van der Waals surface area (Å²) >= 11 is 0. The Balaban J connectivity index is -0.000000210. The first-order chi connectivity index (χ1) is 21.3. The summed E-state index contributed by atoms with van der Waals surface area (Å²) in [5.41, 5.74) is 0. The van der Waals surface area contributed by atoms with Crippen LogP contribution in [-0.2, 0) is 31.3 Å². The zero-order valence-corrected chi connectivity index (χ0v) is 32.9. The molecular formula is C39H82O6Ti. The summed E-state index contributed by atoms with van der Waals surface area (Å²) in [5.74, 6) is -1.31. The molecular weight excluding hydrogens is 612 g/mol. The van der Waals surface area contributed by atoms with Crippen LogP contribution < -0.4 is 0 Å². The Kier molecular flexibility index (Phi) is 61.5. The molecule has 0 aromatic rings. The summed E-state index contributed by atoms with van der Waals surface area (Å²) in [5, 5.41) is 25.1. The molecule has 0 saturated heterocycles. The minimum Gasteiger partial charge on any atom is -0.481 e. The molecule has 0 amide bonds. The summed E-state index contributed by atoms with van der Waals surface area (Å²) in [7, 11) is 0. The normalized spacial score (nSPS) is 10.2. The smallest absolute Gasteiger partial charge is 0.303 e. The van der Waals surface area contributed by atoms with E-state index in [0.29, 0.717) is 12.8 Å². The van der Waals surface area contributed by atoms with Crippen LogP contribution in [0.15, 0.2) is 0 Å². The molecule has 0 radical (unpaired) electrons. The van der Waals surface area contributed by atoms with Gasteiger partial charge in [0.15, 0.2) is 0 Å². The number of hydrogen-bond acceptors (Lipinski definition) is 3. The molecule has 0 rings (SSSR count). The monoisotopic (exact) mass is 695 g/mol. The van der Waals surface area contributed by atoms with Gasteiger partial charge in [-0.2, -0.15) is 0 Å². The molecule has 6 nitrogen and oxygen atoms in total. The van der Waals surface area contributed by atoms with E-state index in [1.54, 1.807) is 13.8 Å². The summed E-state index contributed by atoms with van der Waals surface area (Å²) in [6, 6.07) is 0.